The summed E-state index contributed by atoms with van der Waals surface area (Å²) in [7, 11) is 1.42. The van der Waals surface area contributed by atoms with Gasteiger partial charge in [-0.2, -0.15) is 18.3 Å². The molecule has 2 aromatic heterocycles. The third kappa shape index (κ3) is 6.40. The third-order valence-electron chi connectivity index (χ3n) is 9.37. The molecular weight excluding hydrogens is 675 g/mol. The SMILES string of the molecule is COc1cc2nn(C3CCN(Cc4ccc5c(c4)C(=O)N(C4CCC(=O)NC4=O)C5S)CC3)cc2cc1NC(=O)c1cccc(C(F)(F)F)n1. The Kier molecular flexibility index (Phi) is 8.76. The zero-order chi connectivity index (χ0) is 35.3. The zero-order valence-corrected chi connectivity index (χ0v) is 27.6. The molecule has 0 saturated carbocycles. The fourth-order valence-corrected chi connectivity index (χ4v) is 7.29. The Hall–Kier alpha value is -4.96. The molecule has 4 aromatic rings. The number of methoxy groups -OCH3 is 1. The molecule has 0 aliphatic carbocycles. The summed E-state index contributed by atoms with van der Waals surface area (Å²) in [6.45, 7) is 2.18. The molecule has 0 spiro atoms. The van der Waals surface area contributed by atoms with Crippen LogP contribution >= 0.6 is 12.6 Å². The molecule has 2 unspecified atom stereocenters. The number of nitrogens with one attached hydrogen (secondary N) is 2. The molecule has 2 saturated heterocycles. The number of likely N-dealkylation sites (tertiary alicyclic amines) is 1. The van der Waals surface area contributed by atoms with Crippen molar-refractivity contribution >= 4 is 52.8 Å². The lowest BCUT2D eigenvalue weighted by Gasteiger charge is -2.32. The number of fused-ring (bicyclic) bond motifs is 2. The second-order valence-electron chi connectivity index (χ2n) is 12.6. The average molecular weight is 708 g/mol. The maximum Gasteiger partial charge on any atom is 0.433 e. The number of rotatable bonds is 7. The standard InChI is InChI=1S/C34H32F3N7O5S/c1-49-27-15-24-19(14-25(27)39-30(46)23-3-2-4-28(38-23)34(35,36)37)17-43(41-24)20-9-11-42(12-10-20)16-18-5-6-21-22(13-18)32(48)44(33(21)50)26-7-8-29(45)40-31(26)47/h2-6,13-15,17,20,26,33,50H,7-12,16H2,1H3,(H,39,46)(H,40,45,47). The number of piperidine rings is 2. The summed E-state index contributed by atoms with van der Waals surface area (Å²) < 4.78 is 46.7. The van der Waals surface area contributed by atoms with Gasteiger partial charge in [-0.05, 0) is 54.7 Å². The summed E-state index contributed by atoms with van der Waals surface area (Å²) in [4.78, 5) is 57.6. The van der Waals surface area contributed by atoms with Gasteiger partial charge >= 0.3 is 6.18 Å². The number of carbonyl (C=O) groups excluding carboxylic acids is 4. The maximum absolute atomic E-state index is 13.4. The number of thiol groups is 1. The van der Waals surface area contributed by atoms with Gasteiger partial charge in [-0.25, -0.2) is 4.98 Å². The van der Waals surface area contributed by atoms with Crippen LogP contribution in [-0.2, 0) is 22.3 Å². The number of benzene rings is 2. The monoisotopic (exact) mass is 707 g/mol. The number of anilines is 1. The fourth-order valence-electron chi connectivity index (χ4n) is 6.80. The Morgan fingerprint density at radius 3 is 2.58 bits per heavy atom. The lowest BCUT2D eigenvalue weighted by atomic mass is 10.0. The van der Waals surface area contributed by atoms with Crippen LogP contribution in [0.2, 0.25) is 0 Å². The van der Waals surface area contributed by atoms with Gasteiger partial charge in [-0.15, -0.1) is 12.6 Å². The summed E-state index contributed by atoms with van der Waals surface area (Å²) in [5.41, 5.74) is 1.59. The van der Waals surface area contributed by atoms with Crippen molar-refractivity contribution in [2.45, 2.75) is 55.9 Å². The summed E-state index contributed by atoms with van der Waals surface area (Å²) in [6, 6.07) is 11.6. The van der Waals surface area contributed by atoms with E-state index in [0.717, 1.165) is 54.6 Å². The molecule has 2 aromatic carbocycles. The number of ether oxygens (including phenoxy) is 1. The van der Waals surface area contributed by atoms with Crippen LogP contribution in [0.5, 0.6) is 5.75 Å². The minimum Gasteiger partial charge on any atom is -0.494 e. The van der Waals surface area contributed by atoms with Crippen LogP contribution in [0.4, 0.5) is 18.9 Å². The van der Waals surface area contributed by atoms with Crippen molar-refractivity contribution in [1.29, 1.82) is 0 Å². The topological polar surface area (TPSA) is 139 Å². The number of amides is 4. The van der Waals surface area contributed by atoms with Crippen LogP contribution in [0.3, 0.4) is 0 Å². The number of alkyl halides is 3. The predicted molar refractivity (Wildman–Crippen MR) is 178 cm³/mol. The molecule has 2 N–H and O–H groups in total. The van der Waals surface area contributed by atoms with E-state index in [1.165, 1.54) is 18.1 Å². The Balaban J connectivity index is 0.997. The first-order valence-corrected chi connectivity index (χ1v) is 16.5. The van der Waals surface area contributed by atoms with Gasteiger partial charge in [-0.1, -0.05) is 18.2 Å². The molecule has 3 aliphatic rings. The number of aromatic nitrogens is 3. The lowest BCUT2D eigenvalue weighted by molar-refractivity contribution is -0.141. The largest absolute Gasteiger partial charge is 0.494 e. The van der Waals surface area contributed by atoms with E-state index in [1.807, 2.05) is 29.1 Å². The normalized spacial score (nSPS) is 20.3. The van der Waals surface area contributed by atoms with Crippen LogP contribution < -0.4 is 15.4 Å². The molecule has 12 nitrogen and oxygen atoms in total. The van der Waals surface area contributed by atoms with E-state index < -0.39 is 35.1 Å². The lowest BCUT2D eigenvalue weighted by Crippen LogP contribution is -2.53. The maximum atomic E-state index is 13.4. The van der Waals surface area contributed by atoms with E-state index in [9.17, 15) is 32.3 Å². The van der Waals surface area contributed by atoms with Gasteiger partial charge in [0.25, 0.3) is 11.8 Å². The van der Waals surface area contributed by atoms with Gasteiger partial charge in [0.05, 0.1) is 24.4 Å². The molecule has 5 heterocycles. The van der Waals surface area contributed by atoms with Crippen molar-refractivity contribution in [2.75, 3.05) is 25.5 Å². The highest BCUT2D eigenvalue weighted by Gasteiger charge is 2.43. The summed E-state index contributed by atoms with van der Waals surface area (Å²) in [5, 5.41) is 9.83. The molecule has 4 amide bonds. The number of hydrogen-bond acceptors (Lipinski definition) is 9. The summed E-state index contributed by atoms with van der Waals surface area (Å²) >= 11 is 4.64. The van der Waals surface area contributed by atoms with Gasteiger partial charge in [0, 0.05) is 49.3 Å². The minimum absolute atomic E-state index is 0.102. The molecule has 2 atom stereocenters. The highest BCUT2D eigenvalue weighted by molar-refractivity contribution is 7.80. The molecule has 0 bridgehead atoms. The van der Waals surface area contributed by atoms with Crippen LogP contribution in [0.25, 0.3) is 10.9 Å². The number of pyridine rings is 1. The second kappa shape index (κ2) is 13.1. The van der Waals surface area contributed by atoms with Crippen LogP contribution in [0.15, 0.2) is 54.7 Å². The van der Waals surface area contributed by atoms with Crippen LogP contribution in [0.1, 0.15) is 74.8 Å². The van der Waals surface area contributed by atoms with Gasteiger partial charge in [0.2, 0.25) is 11.8 Å². The number of imide groups is 1. The van der Waals surface area contributed by atoms with E-state index in [-0.39, 0.29) is 42.1 Å². The highest BCUT2D eigenvalue weighted by atomic mass is 32.1. The number of halogens is 3. The Morgan fingerprint density at radius 2 is 1.86 bits per heavy atom. The van der Waals surface area contributed by atoms with E-state index in [0.29, 0.717) is 23.4 Å². The van der Waals surface area contributed by atoms with E-state index in [2.05, 4.69) is 33.1 Å². The smallest absolute Gasteiger partial charge is 0.433 e. The van der Waals surface area contributed by atoms with Crippen molar-refractivity contribution in [3.05, 3.63) is 82.8 Å². The quantitative estimate of drug-likeness (QED) is 0.185. The molecule has 16 heteroatoms. The van der Waals surface area contributed by atoms with Crippen molar-refractivity contribution in [3.8, 4) is 5.75 Å². The number of carbonyl (C=O) groups is 4. The Bertz CT molecular complexity index is 2030. The third-order valence-corrected chi connectivity index (χ3v) is 9.90. The van der Waals surface area contributed by atoms with Gasteiger partial charge < -0.3 is 15.0 Å². The molecule has 0 radical (unpaired) electrons. The summed E-state index contributed by atoms with van der Waals surface area (Å²) in [5.74, 6) is -1.60. The van der Waals surface area contributed by atoms with Gasteiger partial charge in [-0.3, -0.25) is 34.1 Å². The molecule has 260 valence electrons. The van der Waals surface area contributed by atoms with Gasteiger partial charge in [0.15, 0.2) is 0 Å². The Morgan fingerprint density at radius 1 is 1.08 bits per heavy atom. The van der Waals surface area contributed by atoms with Crippen LogP contribution in [-0.4, -0.2) is 74.4 Å². The first kappa shape index (κ1) is 33.5. The van der Waals surface area contributed by atoms with Crippen molar-refractivity contribution < 1.29 is 37.1 Å². The van der Waals surface area contributed by atoms with Crippen molar-refractivity contribution in [2.24, 2.45) is 0 Å². The van der Waals surface area contributed by atoms with E-state index >= 15 is 0 Å². The number of nitrogens with zero attached hydrogens (tertiary/aromatic N) is 5. The molecule has 3 aliphatic heterocycles. The fraction of sp³-hybridized carbons (Fsp3) is 0.353. The first-order valence-electron chi connectivity index (χ1n) is 16.0. The first-order chi connectivity index (χ1) is 23.9. The highest BCUT2D eigenvalue weighted by Crippen LogP contribution is 2.40. The molecule has 7 rings (SSSR count). The van der Waals surface area contributed by atoms with Crippen LogP contribution in [0, 0.1) is 0 Å². The predicted octanol–water partition coefficient (Wildman–Crippen LogP) is 4.74. The molecule has 50 heavy (non-hydrogen) atoms. The van der Waals surface area contributed by atoms with Gasteiger partial charge in [0.1, 0.15) is 28.6 Å². The zero-order valence-electron chi connectivity index (χ0n) is 26.7. The second-order valence-corrected chi connectivity index (χ2v) is 13.1. The average Bonchev–Trinajstić information content (AvgIpc) is 3.61. The van der Waals surface area contributed by atoms with Crippen molar-refractivity contribution in [3.63, 3.8) is 0 Å². The van der Waals surface area contributed by atoms with Crippen molar-refractivity contribution in [1.82, 2.24) is 29.9 Å². The summed E-state index contributed by atoms with van der Waals surface area (Å²) in [6.07, 6.45) is -0.754. The van der Waals surface area contributed by atoms with E-state index in [4.69, 9.17) is 9.84 Å². The molecular formula is C34H32F3N7O5S. The molecule has 2 fully saturated rings. The van der Waals surface area contributed by atoms with E-state index in [1.54, 1.807) is 12.1 Å². The number of hydrogen-bond donors (Lipinski definition) is 3. The Labute approximate surface area is 289 Å². The minimum atomic E-state index is -4.68.